The van der Waals surface area contributed by atoms with Crippen molar-refractivity contribution in [2.24, 2.45) is 0 Å². The van der Waals surface area contributed by atoms with Gasteiger partial charge in [-0.1, -0.05) is 31.2 Å². The monoisotopic (exact) mass is 397 g/mol. The molecular weight excluding hydrogens is 378 g/mol. The average Bonchev–Trinajstić information content (AvgIpc) is 3.13. The number of thiophene rings is 1. The third kappa shape index (κ3) is 3.42. The predicted molar refractivity (Wildman–Crippen MR) is 109 cm³/mol. The van der Waals surface area contributed by atoms with E-state index in [1.54, 1.807) is 19.1 Å². The largest absolute Gasteiger partial charge is 0.321 e. The summed E-state index contributed by atoms with van der Waals surface area (Å²) in [5, 5.41) is 2.86. The molecule has 1 aromatic heterocycles. The molecule has 3 aromatic rings. The third-order valence-electron chi connectivity index (χ3n) is 4.81. The van der Waals surface area contributed by atoms with E-state index in [0.29, 0.717) is 10.6 Å². The zero-order chi connectivity index (χ0) is 19.0. The van der Waals surface area contributed by atoms with E-state index in [-0.39, 0.29) is 16.6 Å². The first-order valence-corrected chi connectivity index (χ1v) is 11.3. The second-order valence-corrected chi connectivity index (χ2v) is 9.83. The Kier molecular flexibility index (Phi) is 4.61. The summed E-state index contributed by atoms with van der Waals surface area (Å²) in [4.78, 5) is 14.8. The third-order valence-corrected chi connectivity index (χ3v) is 7.77. The van der Waals surface area contributed by atoms with Crippen LogP contribution < -0.4 is 5.32 Å². The lowest BCUT2D eigenvalue weighted by Gasteiger charge is -2.15. The molecule has 0 fully saturated rings. The van der Waals surface area contributed by atoms with Crippen molar-refractivity contribution in [1.29, 1.82) is 0 Å². The molecule has 4 nitrogen and oxygen atoms in total. The number of carbonyl (C=O) groups is 1. The van der Waals surface area contributed by atoms with E-state index in [1.165, 1.54) is 45.0 Å². The van der Waals surface area contributed by atoms with Gasteiger partial charge in [0.05, 0.1) is 15.5 Å². The molecule has 0 atom stereocenters. The summed E-state index contributed by atoms with van der Waals surface area (Å²) >= 11 is 1.51. The molecule has 0 bridgehead atoms. The van der Waals surface area contributed by atoms with E-state index in [9.17, 15) is 13.2 Å². The molecule has 138 valence electrons. The molecule has 1 N–H and O–H groups in total. The first kappa shape index (κ1) is 17.9. The fourth-order valence-electron chi connectivity index (χ4n) is 3.29. The summed E-state index contributed by atoms with van der Waals surface area (Å²) in [6, 6.07) is 16.6. The number of fused-ring (bicyclic) bond motifs is 3. The number of aryl methyl sites for hydroxylation is 2. The second kappa shape index (κ2) is 6.94. The lowest BCUT2D eigenvalue weighted by atomic mass is 9.91. The van der Waals surface area contributed by atoms with Gasteiger partial charge in [-0.3, -0.25) is 4.79 Å². The minimum atomic E-state index is -3.24. The maximum atomic E-state index is 12.7. The SMILES string of the molecule is CCS(=O)(=O)c1ccc(NC(=O)c2cc3c(s2)-c2ccccc2CC3)cc1. The number of benzene rings is 2. The molecule has 1 heterocycles. The summed E-state index contributed by atoms with van der Waals surface area (Å²) in [6.45, 7) is 1.61. The van der Waals surface area contributed by atoms with Crippen molar-refractivity contribution in [3.05, 3.63) is 70.6 Å². The minimum absolute atomic E-state index is 0.0565. The second-order valence-electron chi connectivity index (χ2n) is 6.50. The van der Waals surface area contributed by atoms with Crippen LogP contribution in [0.5, 0.6) is 0 Å². The van der Waals surface area contributed by atoms with Gasteiger partial charge in [0.25, 0.3) is 5.91 Å². The molecule has 1 aliphatic rings. The zero-order valence-corrected chi connectivity index (χ0v) is 16.5. The van der Waals surface area contributed by atoms with Gasteiger partial charge in [-0.05, 0) is 59.9 Å². The van der Waals surface area contributed by atoms with Crippen LogP contribution in [0.25, 0.3) is 10.4 Å². The molecule has 27 heavy (non-hydrogen) atoms. The fraction of sp³-hybridized carbons (Fsp3) is 0.190. The normalized spacial score (nSPS) is 12.9. The van der Waals surface area contributed by atoms with E-state index >= 15 is 0 Å². The lowest BCUT2D eigenvalue weighted by molar-refractivity contribution is 0.103. The van der Waals surface area contributed by atoms with Crippen LogP contribution >= 0.6 is 11.3 Å². The maximum Gasteiger partial charge on any atom is 0.265 e. The van der Waals surface area contributed by atoms with E-state index < -0.39 is 9.84 Å². The number of amides is 1. The Hall–Kier alpha value is -2.44. The highest BCUT2D eigenvalue weighted by atomic mass is 32.2. The Morgan fingerprint density at radius 3 is 2.48 bits per heavy atom. The Bertz CT molecular complexity index is 1110. The minimum Gasteiger partial charge on any atom is -0.321 e. The number of anilines is 1. The first-order chi connectivity index (χ1) is 13.0. The van der Waals surface area contributed by atoms with Crippen LogP contribution in [0, 0.1) is 0 Å². The van der Waals surface area contributed by atoms with Gasteiger partial charge >= 0.3 is 0 Å². The van der Waals surface area contributed by atoms with Crippen LogP contribution in [0.1, 0.15) is 27.7 Å². The van der Waals surface area contributed by atoms with Gasteiger partial charge in [-0.15, -0.1) is 11.3 Å². The zero-order valence-electron chi connectivity index (χ0n) is 14.9. The van der Waals surface area contributed by atoms with E-state index in [4.69, 9.17) is 0 Å². The van der Waals surface area contributed by atoms with Crippen molar-refractivity contribution in [1.82, 2.24) is 0 Å². The summed E-state index contributed by atoms with van der Waals surface area (Å²) in [5.41, 5.74) is 4.35. The lowest BCUT2D eigenvalue weighted by Crippen LogP contribution is -2.10. The molecule has 6 heteroatoms. The van der Waals surface area contributed by atoms with E-state index in [1.807, 2.05) is 18.2 Å². The van der Waals surface area contributed by atoms with Crippen molar-refractivity contribution in [3.63, 3.8) is 0 Å². The van der Waals surface area contributed by atoms with Crippen molar-refractivity contribution in [2.45, 2.75) is 24.7 Å². The number of hydrogen-bond donors (Lipinski definition) is 1. The van der Waals surface area contributed by atoms with E-state index in [2.05, 4.69) is 17.4 Å². The fourth-order valence-corrected chi connectivity index (χ4v) is 5.34. The standard InChI is InChI=1S/C21H19NO3S2/c1-2-27(24,25)17-11-9-16(10-12-17)22-21(23)19-13-15-8-7-14-5-3-4-6-18(14)20(15)26-19/h3-6,9-13H,2,7-8H2,1H3,(H,22,23). The number of sulfone groups is 1. The predicted octanol–water partition coefficient (Wildman–Crippen LogP) is 4.56. The number of carbonyl (C=O) groups excluding carboxylic acids is 1. The molecule has 0 unspecified atom stereocenters. The molecule has 2 aromatic carbocycles. The van der Waals surface area contributed by atoms with Crippen molar-refractivity contribution in [3.8, 4) is 10.4 Å². The highest BCUT2D eigenvalue weighted by Crippen LogP contribution is 2.39. The number of hydrogen-bond acceptors (Lipinski definition) is 4. The van der Waals surface area contributed by atoms with Gasteiger partial charge in [0, 0.05) is 10.6 Å². The Morgan fingerprint density at radius 1 is 1.04 bits per heavy atom. The van der Waals surface area contributed by atoms with Crippen molar-refractivity contribution in [2.75, 3.05) is 11.1 Å². The molecule has 0 saturated heterocycles. The Balaban J connectivity index is 1.56. The van der Waals surface area contributed by atoms with Crippen LogP contribution in [-0.4, -0.2) is 20.1 Å². The van der Waals surface area contributed by atoms with Gasteiger partial charge in [-0.2, -0.15) is 0 Å². The van der Waals surface area contributed by atoms with Gasteiger partial charge in [0.15, 0.2) is 9.84 Å². The topological polar surface area (TPSA) is 63.2 Å². The molecule has 0 aliphatic heterocycles. The average molecular weight is 398 g/mol. The Morgan fingerprint density at radius 2 is 1.74 bits per heavy atom. The quantitative estimate of drug-likeness (QED) is 0.702. The van der Waals surface area contributed by atoms with Crippen LogP contribution in [0.15, 0.2) is 59.5 Å². The smallest absolute Gasteiger partial charge is 0.265 e. The van der Waals surface area contributed by atoms with Crippen LogP contribution in [0.2, 0.25) is 0 Å². The summed E-state index contributed by atoms with van der Waals surface area (Å²) in [5.74, 6) is -0.112. The van der Waals surface area contributed by atoms with Gasteiger partial charge < -0.3 is 5.32 Å². The molecule has 4 rings (SSSR count). The number of rotatable bonds is 4. The number of nitrogens with one attached hydrogen (secondary N) is 1. The molecule has 0 radical (unpaired) electrons. The molecule has 1 aliphatic carbocycles. The van der Waals surface area contributed by atoms with Crippen molar-refractivity contribution >= 4 is 32.8 Å². The summed E-state index contributed by atoms with van der Waals surface area (Å²) in [6.07, 6.45) is 1.94. The molecular formula is C21H19NO3S2. The van der Waals surface area contributed by atoms with Gasteiger partial charge in [0.1, 0.15) is 0 Å². The molecule has 1 amide bonds. The van der Waals surface area contributed by atoms with Gasteiger partial charge in [-0.25, -0.2) is 8.42 Å². The van der Waals surface area contributed by atoms with Gasteiger partial charge in [0.2, 0.25) is 0 Å². The molecule has 0 saturated carbocycles. The van der Waals surface area contributed by atoms with Crippen LogP contribution in [-0.2, 0) is 22.7 Å². The summed E-state index contributed by atoms with van der Waals surface area (Å²) < 4.78 is 23.8. The van der Waals surface area contributed by atoms with Crippen LogP contribution in [0.4, 0.5) is 5.69 Å². The summed E-state index contributed by atoms with van der Waals surface area (Å²) in [7, 11) is -3.24. The highest BCUT2D eigenvalue weighted by Gasteiger charge is 2.21. The first-order valence-electron chi connectivity index (χ1n) is 8.83. The van der Waals surface area contributed by atoms with E-state index in [0.717, 1.165) is 12.8 Å². The van der Waals surface area contributed by atoms with Crippen LogP contribution in [0.3, 0.4) is 0 Å². The van der Waals surface area contributed by atoms with Crippen molar-refractivity contribution < 1.29 is 13.2 Å². The Labute approximate surface area is 162 Å². The maximum absolute atomic E-state index is 12.7. The highest BCUT2D eigenvalue weighted by molar-refractivity contribution is 7.91. The molecule has 0 spiro atoms.